The maximum absolute atomic E-state index is 2.43. The third-order valence-corrected chi connectivity index (χ3v) is 4.01. The highest BCUT2D eigenvalue weighted by molar-refractivity contribution is 4.89. The van der Waals surface area contributed by atoms with E-state index in [1.165, 1.54) is 19.3 Å². The molecule has 0 aromatic carbocycles. The second kappa shape index (κ2) is 9.83. The smallest absolute Gasteiger partial charge is 0.0191 e. The highest BCUT2D eigenvalue weighted by atomic mass is 14.9. The molecule has 0 saturated heterocycles. The summed E-state index contributed by atoms with van der Waals surface area (Å²) < 4.78 is 2.12. The summed E-state index contributed by atoms with van der Waals surface area (Å²) in [7, 11) is 0. The molecule has 0 spiro atoms. The monoisotopic (exact) mass is 351 g/mol. The normalized spacial score (nSPS) is 12.9. The van der Waals surface area contributed by atoms with Gasteiger partial charge in [0.2, 0.25) is 0 Å². The van der Waals surface area contributed by atoms with Crippen LogP contribution in [0.25, 0.3) is 0 Å². The maximum Gasteiger partial charge on any atom is 0.0191 e. The largest absolute Gasteiger partial charge is 0.355 e. The molecule has 0 atom stereocenters. The van der Waals surface area contributed by atoms with E-state index >= 15 is 0 Å². The van der Waals surface area contributed by atoms with Gasteiger partial charge in [0.05, 0.1) is 0 Å². The Morgan fingerprint density at radius 3 is 1.12 bits per heavy atom. The molecule has 1 aromatic heterocycles. The minimum absolute atomic E-state index is 0. The van der Waals surface area contributed by atoms with Gasteiger partial charge in [0, 0.05) is 18.9 Å². The van der Waals surface area contributed by atoms with E-state index in [1.54, 1.807) is 0 Å². The summed E-state index contributed by atoms with van der Waals surface area (Å²) in [5.41, 5.74) is 1.74. The van der Waals surface area contributed by atoms with Crippen molar-refractivity contribution < 1.29 is 0 Å². The van der Waals surface area contributed by atoms with Crippen molar-refractivity contribution in [2.24, 2.45) is 21.7 Å². The fourth-order valence-corrected chi connectivity index (χ4v) is 4.87. The van der Waals surface area contributed by atoms with Gasteiger partial charge in [-0.2, -0.15) is 0 Å². The average molecular weight is 352 g/mol. The molecule has 1 rings (SSSR count). The Morgan fingerprint density at radius 1 is 0.600 bits per heavy atom. The first-order chi connectivity index (χ1) is 10.6. The summed E-state index contributed by atoms with van der Waals surface area (Å²) in [5, 5.41) is 0. The molecule has 0 amide bonds. The summed E-state index contributed by atoms with van der Waals surface area (Å²) >= 11 is 0. The number of aromatic nitrogens is 1. The van der Waals surface area contributed by atoms with Gasteiger partial charge in [-0.1, -0.05) is 76.7 Å². The van der Waals surface area contributed by atoms with Gasteiger partial charge in [0.25, 0.3) is 0 Å². The second-order valence-corrected chi connectivity index (χ2v) is 11.5. The van der Waals surface area contributed by atoms with E-state index in [0.29, 0.717) is 21.7 Å². The molecule has 150 valence electrons. The molecule has 0 unspecified atom stereocenters. The van der Waals surface area contributed by atoms with Crippen molar-refractivity contribution >= 4 is 0 Å². The topological polar surface area (TPSA) is 4.93 Å². The fraction of sp³-hybridized carbons (Fsp3) is 0.833. The SMILES string of the molecule is C.CC(C)(C)CC(C)(C)CC(C)(C)CC(C)(C)C.CCn1cccc1. The highest BCUT2D eigenvalue weighted by Crippen LogP contribution is 2.45. The van der Waals surface area contributed by atoms with Gasteiger partial charge in [-0.25, -0.2) is 0 Å². The molecule has 0 N–H and O–H groups in total. The summed E-state index contributed by atoms with van der Waals surface area (Å²) in [5.74, 6) is 0. The second-order valence-electron chi connectivity index (χ2n) is 11.5. The van der Waals surface area contributed by atoms with Crippen molar-refractivity contribution in [3.8, 4) is 0 Å². The first-order valence-corrected chi connectivity index (χ1v) is 9.66. The molecule has 0 fully saturated rings. The van der Waals surface area contributed by atoms with E-state index in [2.05, 4.69) is 93.1 Å². The molecular weight excluding hydrogens is 302 g/mol. The summed E-state index contributed by atoms with van der Waals surface area (Å²) in [6.07, 6.45) is 8.02. The van der Waals surface area contributed by atoms with Gasteiger partial charge in [-0.3, -0.25) is 0 Å². The Balaban J connectivity index is 0. The predicted molar refractivity (Wildman–Crippen MR) is 117 cm³/mol. The van der Waals surface area contributed by atoms with Crippen LogP contribution in [-0.2, 0) is 6.54 Å². The minimum Gasteiger partial charge on any atom is -0.355 e. The van der Waals surface area contributed by atoms with Crippen LogP contribution >= 0.6 is 0 Å². The number of aryl methyl sites for hydroxylation is 1. The maximum atomic E-state index is 2.43. The zero-order chi connectivity index (χ0) is 19.2. The molecule has 0 bridgehead atoms. The Morgan fingerprint density at radius 2 is 0.920 bits per heavy atom. The van der Waals surface area contributed by atoms with E-state index < -0.39 is 0 Å². The molecule has 1 heterocycles. The van der Waals surface area contributed by atoms with E-state index in [4.69, 9.17) is 0 Å². The summed E-state index contributed by atoms with van der Waals surface area (Å²) in [6.45, 7) is 27.1. The molecular formula is C24H49N. The third-order valence-electron chi connectivity index (χ3n) is 4.01. The van der Waals surface area contributed by atoms with Crippen LogP contribution in [0.2, 0.25) is 0 Å². The van der Waals surface area contributed by atoms with E-state index in [9.17, 15) is 0 Å². The van der Waals surface area contributed by atoms with Crippen LogP contribution in [0.4, 0.5) is 0 Å². The number of rotatable bonds is 5. The van der Waals surface area contributed by atoms with Crippen molar-refractivity contribution in [1.29, 1.82) is 0 Å². The molecule has 1 nitrogen and oxygen atoms in total. The Hall–Kier alpha value is -0.720. The molecule has 25 heavy (non-hydrogen) atoms. The van der Waals surface area contributed by atoms with Gasteiger partial charge < -0.3 is 4.57 Å². The molecule has 0 aliphatic rings. The van der Waals surface area contributed by atoms with Crippen molar-refractivity contribution in [2.75, 3.05) is 0 Å². The molecule has 0 aliphatic carbocycles. The standard InChI is InChI=1S/C17H36.C6H9N.CH4/c1-14(2,3)11-16(7,8)13-17(9,10)12-15(4,5)6;1-2-7-5-3-4-6-7;/h11-13H2,1-10H3;3-6H,2H2,1H3;1H4. The minimum atomic E-state index is 0. The lowest BCUT2D eigenvalue weighted by Crippen LogP contribution is -2.30. The first kappa shape index (κ1) is 26.5. The van der Waals surface area contributed by atoms with Crippen molar-refractivity contribution in [2.45, 2.75) is 109 Å². The lowest BCUT2D eigenvalue weighted by molar-refractivity contribution is 0.0997. The van der Waals surface area contributed by atoms with E-state index in [-0.39, 0.29) is 7.43 Å². The van der Waals surface area contributed by atoms with Crippen LogP contribution in [0.1, 0.15) is 103 Å². The molecule has 0 radical (unpaired) electrons. The van der Waals surface area contributed by atoms with Crippen molar-refractivity contribution in [1.82, 2.24) is 4.57 Å². The zero-order valence-corrected chi connectivity index (χ0v) is 18.6. The lowest BCUT2D eigenvalue weighted by Gasteiger charge is -2.41. The lowest BCUT2D eigenvalue weighted by atomic mass is 9.64. The fourth-order valence-electron chi connectivity index (χ4n) is 4.87. The Kier molecular flexibility index (Phi) is 10.4. The van der Waals surface area contributed by atoms with E-state index in [0.717, 1.165) is 6.54 Å². The van der Waals surface area contributed by atoms with Crippen molar-refractivity contribution in [3.05, 3.63) is 24.5 Å². The average Bonchev–Trinajstić information content (AvgIpc) is 2.72. The Bertz CT molecular complexity index is 409. The van der Waals surface area contributed by atoms with Gasteiger partial charge in [-0.05, 0) is 60.0 Å². The Labute approximate surface area is 160 Å². The van der Waals surface area contributed by atoms with Gasteiger partial charge in [0.1, 0.15) is 0 Å². The van der Waals surface area contributed by atoms with Gasteiger partial charge in [-0.15, -0.1) is 0 Å². The van der Waals surface area contributed by atoms with Crippen LogP contribution in [0.15, 0.2) is 24.5 Å². The zero-order valence-electron chi connectivity index (χ0n) is 18.6. The predicted octanol–water partition coefficient (Wildman–Crippen LogP) is 8.45. The molecule has 1 heteroatoms. The summed E-state index contributed by atoms with van der Waals surface area (Å²) in [4.78, 5) is 0. The quantitative estimate of drug-likeness (QED) is 0.501. The van der Waals surface area contributed by atoms with Gasteiger partial charge in [0.15, 0.2) is 0 Å². The number of hydrogen-bond acceptors (Lipinski definition) is 0. The van der Waals surface area contributed by atoms with Crippen molar-refractivity contribution in [3.63, 3.8) is 0 Å². The van der Waals surface area contributed by atoms with E-state index in [1.807, 2.05) is 12.1 Å². The third kappa shape index (κ3) is 15.3. The highest BCUT2D eigenvalue weighted by Gasteiger charge is 2.34. The molecule has 1 aromatic rings. The van der Waals surface area contributed by atoms with Gasteiger partial charge >= 0.3 is 0 Å². The molecule has 0 aliphatic heterocycles. The number of hydrogen-bond donors (Lipinski definition) is 0. The number of nitrogens with zero attached hydrogens (tertiary/aromatic N) is 1. The molecule has 0 saturated carbocycles. The van der Waals surface area contributed by atoms with Crippen LogP contribution in [0.3, 0.4) is 0 Å². The van der Waals surface area contributed by atoms with Crippen LogP contribution in [-0.4, -0.2) is 4.57 Å². The van der Waals surface area contributed by atoms with Crippen LogP contribution < -0.4 is 0 Å². The van der Waals surface area contributed by atoms with Crippen LogP contribution in [0, 0.1) is 21.7 Å². The summed E-state index contributed by atoms with van der Waals surface area (Å²) in [6, 6.07) is 4.06. The first-order valence-electron chi connectivity index (χ1n) is 9.66. The van der Waals surface area contributed by atoms with Crippen LogP contribution in [0.5, 0.6) is 0 Å².